The van der Waals surface area contributed by atoms with E-state index in [4.69, 9.17) is 4.74 Å². The number of ether oxygens (including phenoxy) is 1. The van der Waals surface area contributed by atoms with Crippen molar-refractivity contribution in [3.05, 3.63) is 29.8 Å². The van der Waals surface area contributed by atoms with Crippen molar-refractivity contribution in [2.45, 2.75) is 45.4 Å². The van der Waals surface area contributed by atoms with Crippen molar-refractivity contribution < 1.29 is 4.74 Å². The number of hydrogen-bond donors (Lipinski definition) is 0. The fraction of sp³-hybridized carbons (Fsp3) is 0.625. The minimum atomic E-state index is 0.959. The van der Waals surface area contributed by atoms with Crippen LogP contribution in [-0.2, 0) is 6.42 Å². The number of hydrogen-bond acceptors (Lipinski definition) is 1. The Morgan fingerprint density at radius 1 is 1.06 bits per heavy atom. The lowest BCUT2D eigenvalue weighted by Gasteiger charge is -2.26. The first-order valence-corrected chi connectivity index (χ1v) is 6.91. The van der Waals surface area contributed by atoms with Crippen LogP contribution < -0.4 is 4.74 Å². The summed E-state index contributed by atoms with van der Waals surface area (Å²) in [5, 5.41) is 0. The fourth-order valence-electron chi connectivity index (χ4n) is 2.78. The summed E-state index contributed by atoms with van der Waals surface area (Å²) in [5.41, 5.74) is 1.45. The molecule has 0 N–H and O–H groups in total. The SMILES string of the molecule is COc1ccc(CCC2CCC(C)CC2)cc1. The van der Waals surface area contributed by atoms with E-state index in [1.54, 1.807) is 7.11 Å². The standard InChI is InChI=1S/C16H24O/c1-13-3-5-14(6-4-13)7-8-15-9-11-16(17-2)12-10-15/h9-14H,3-8H2,1-2H3. The second-order valence-corrected chi connectivity index (χ2v) is 5.51. The van der Waals surface area contributed by atoms with Gasteiger partial charge in [0.2, 0.25) is 0 Å². The summed E-state index contributed by atoms with van der Waals surface area (Å²) >= 11 is 0. The monoisotopic (exact) mass is 232 g/mol. The van der Waals surface area contributed by atoms with Gasteiger partial charge in [0.15, 0.2) is 0 Å². The molecule has 0 aromatic heterocycles. The van der Waals surface area contributed by atoms with E-state index >= 15 is 0 Å². The van der Waals surface area contributed by atoms with Crippen LogP contribution in [0.1, 0.15) is 44.6 Å². The molecule has 0 saturated heterocycles. The van der Waals surface area contributed by atoms with Gasteiger partial charge in [0.25, 0.3) is 0 Å². The van der Waals surface area contributed by atoms with Gasteiger partial charge in [0.1, 0.15) is 5.75 Å². The molecule has 0 aliphatic heterocycles. The van der Waals surface area contributed by atoms with Gasteiger partial charge in [-0.3, -0.25) is 0 Å². The van der Waals surface area contributed by atoms with Crippen LogP contribution in [0.2, 0.25) is 0 Å². The highest BCUT2D eigenvalue weighted by Gasteiger charge is 2.17. The second kappa shape index (κ2) is 6.09. The van der Waals surface area contributed by atoms with E-state index in [0.717, 1.165) is 17.6 Å². The normalized spacial score (nSPS) is 24.6. The molecule has 0 radical (unpaired) electrons. The Kier molecular flexibility index (Phi) is 4.47. The van der Waals surface area contributed by atoms with Crippen molar-refractivity contribution in [1.82, 2.24) is 0 Å². The predicted octanol–water partition coefficient (Wildman–Crippen LogP) is 4.45. The lowest BCUT2D eigenvalue weighted by molar-refractivity contribution is 0.278. The van der Waals surface area contributed by atoms with Crippen molar-refractivity contribution in [3.8, 4) is 5.75 Å². The molecule has 1 aliphatic carbocycles. The third kappa shape index (κ3) is 3.76. The molecule has 0 bridgehead atoms. The second-order valence-electron chi connectivity index (χ2n) is 5.51. The summed E-state index contributed by atoms with van der Waals surface area (Å²) in [6.45, 7) is 2.39. The molecule has 0 amide bonds. The van der Waals surface area contributed by atoms with Crippen molar-refractivity contribution in [2.24, 2.45) is 11.8 Å². The van der Waals surface area contributed by atoms with Gasteiger partial charge in [0, 0.05) is 0 Å². The molecule has 1 aromatic rings. The topological polar surface area (TPSA) is 9.23 Å². The van der Waals surface area contributed by atoms with Gasteiger partial charge in [-0.1, -0.05) is 44.7 Å². The van der Waals surface area contributed by atoms with Crippen LogP contribution in [0.5, 0.6) is 5.75 Å². The maximum absolute atomic E-state index is 5.18. The summed E-state index contributed by atoms with van der Waals surface area (Å²) in [6.07, 6.45) is 8.34. The van der Waals surface area contributed by atoms with Crippen molar-refractivity contribution in [2.75, 3.05) is 7.11 Å². The van der Waals surface area contributed by atoms with Gasteiger partial charge < -0.3 is 4.74 Å². The van der Waals surface area contributed by atoms with E-state index in [2.05, 4.69) is 31.2 Å². The van der Waals surface area contributed by atoms with E-state index in [0.29, 0.717) is 0 Å². The molecule has 0 spiro atoms. The number of aryl methyl sites for hydroxylation is 1. The Balaban J connectivity index is 1.77. The zero-order valence-electron chi connectivity index (χ0n) is 11.1. The van der Waals surface area contributed by atoms with Gasteiger partial charge in [-0.05, 0) is 42.4 Å². The minimum absolute atomic E-state index is 0.959. The minimum Gasteiger partial charge on any atom is -0.497 e. The Morgan fingerprint density at radius 2 is 1.71 bits per heavy atom. The van der Waals surface area contributed by atoms with Gasteiger partial charge in [-0.15, -0.1) is 0 Å². The highest BCUT2D eigenvalue weighted by atomic mass is 16.5. The smallest absolute Gasteiger partial charge is 0.118 e. The summed E-state index contributed by atoms with van der Waals surface area (Å²) in [4.78, 5) is 0. The van der Waals surface area contributed by atoms with E-state index < -0.39 is 0 Å². The molecule has 1 saturated carbocycles. The van der Waals surface area contributed by atoms with Crippen molar-refractivity contribution in [3.63, 3.8) is 0 Å². The lowest BCUT2D eigenvalue weighted by Crippen LogP contribution is -2.12. The first kappa shape index (κ1) is 12.5. The summed E-state index contributed by atoms with van der Waals surface area (Å²) in [7, 11) is 1.72. The molecule has 2 rings (SSSR count). The van der Waals surface area contributed by atoms with Gasteiger partial charge >= 0.3 is 0 Å². The molecular formula is C16H24O. The highest BCUT2D eigenvalue weighted by Crippen LogP contribution is 2.31. The summed E-state index contributed by atoms with van der Waals surface area (Å²) < 4.78 is 5.18. The molecule has 0 heterocycles. The Hall–Kier alpha value is -0.980. The Morgan fingerprint density at radius 3 is 2.29 bits per heavy atom. The van der Waals surface area contributed by atoms with E-state index in [1.807, 2.05) is 0 Å². The molecule has 1 aliphatic rings. The average Bonchev–Trinajstić information content (AvgIpc) is 2.39. The van der Waals surface area contributed by atoms with Crippen molar-refractivity contribution >= 4 is 0 Å². The van der Waals surface area contributed by atoms with Crippen LogP contribution in [0.4, 0.5) is 0 Å². The quantitative estimate of drug-likeness (QED) is 0.745. The molecule has 1 aromatic carbocycles. The average molecular weight is 232 g/mol. The zero-order valence-corrected chi connectivity index (χ0v) is 11.1. The number of methoxy groups -OCH3 is 1. The maximum atomic E-state index is 5.18. The first-order chi connectivity index (χ1) is 8.28. The van der Waals surface area contributed by atoms with Gasteiger partial charge in [-0.2, -0.15) is 0 Å². The van der Waals surface area contributed by atoms with Crippen LogP contribution >= 0.6 is 0 Å². The predicted molar refractivity (Wildman–Crippen MR) is 72.4 cm³/mol. The van der Waals surface area contributed by atoms with Gasteiger partial charge in [-0.25, -0.2) is 0 Å². The zero-order chi connectivity index (χ0) is 12.1. The largest absolute Gasteiger partial charge is 0.497 e. The van der Waals surface area contributed by atoms with E-state index in [-0.39, 0.29) is 0 Å². The molecule has 1 nitrogen and oxygen atoms in total. The summed E-state index contributed by atoms with van der Waals surface area (Å²) in [5.74, 6) is 2.89. The molecule has 94 valence electrons. The number of rotatable bonds is 4. The third-order valence-electron chi connectivity index (χ3n) is 4.14. The lowest BCUT2D eigenvalue weighted by atomic mass is 9.80. The molecular weight excluding hydrogens is 208 g/mol. The fourth-order valence-corrected chi connectivity index (χ4v) is 2.78. The molecule has 1 fully saturated rings. The highest BCUT2D eigenvalue weighted by molar-refractivity contribution is 5.27. The Bertz CT molecular complexity index is 320. The van der Waals surface area contributed by atoms with Crippen LogP contribution in [0.15, 0.2) is 24.3 Å². The molecule has 0 atom stereocenters. The number of benzene rings is 1. The van der Waals surface area contributed by atoms with E-state index in [9.17, 15) is 0 Å². The molecule has 1 heteroatoms. The van der Waals surface area contributed by atoms with Crippen molar-refractivity contribution in [1.29, 1.82) is 0 Å². The van der Waals surface area contributed by atoms with Crippen LogP contribution in [0.25, 0.3) is 0 Å². The van der Waals surface area contributed by atoms with Crippen LogP contribution in [0.3, 0.4) is 0 Å². The van der Waals surface area contributed by atoms with Crippen LogP contribution in [0, 0.1) is 11.8 Å². The summed E-state index contributed by atoms with van der Waals surface area (Å²) in [6, 6.07) is 8.53. The molecule has 0 unspecified atom stereocenters. The van der Waals surface area contributed by atoms with E-state index in [1.165, 1.54) is 44.1 Å². The third-order valence-corrected chi connectivity index (χ3v) is 4.14. The first-order valence-electron chi connectivity index (χ1n) is 6.91. The van der Waals surface area contributed by atoms with Gasteiger partial charge in [0.05, 0.1) is 7.11 Å². The molecule has 17 heavy (non-hydrogen) atoms. The maximum Gasteiger partial charge on any atom is 0.118 e. The Labute approximate surface area is 105 Å². The van der Waals surface area contributed by atoms with Crippen LogP contribution in [-0.4, -0.2) is 7.11 Å².